The van der Waals surface area contributed by atoms with E-state index in [1.54, 1.807) is 11.6 Å². The summed E-state index contributed by atoms with van der Waals surface area (Å²) in [4.78, 5) is 33.5. The van der Waals surface area contributed by atoms with E-state index in [-0.39, 0.29) is 18.7 Å². The fourth-order valence-electron chi connectivity index (χ4n) is 3.64. The SMILES string of the molecule is Cc1ccc(OC[C@@H](O)Cn2c(N3CCCC3)nc3c2c(=O)[nH]c(=O)n3C)cc1. The Bertz CT molecular complexity index is 1120. The van der Waals surface area contributed by atoms with Crippen molar-refractivity contribution in [2.75, 3.05) is 24.6 Å². The lowest BCUT2D eigenvalue weighted by Crippen LogP contribution is -2.31. The molecule has 2 aromatic heterocycles. The highest BCUT2D eigenvalue weighted by molar-refractivity contribution is 5.74. The number of benzene rings is 1. The fraction of sp³-hybridized carbons (Fsp3) is 0.450. The first-order valence-electron chi connectivity index (χ1n) is 9.76. The maximum Gasteiger partial charge on any atom is 0.329 e. The molecule has 0 unspecified atom stereocenters. The number of hydrogen-bond donors (Lipinski definition) is 2. The Kier molecular flexibility index (Phi) is 5.14. The number of aliphatic hydroxyl groups is 1. The highest BCUT2D eigenvalue weighted by atomic mass is 16.5. The number of rotatable bonds is 6. The molecular weight excluding hydrogens is 374 g/mol. The summed E-state index contributed by atoms with van der Waals surface area (Å²) in [6.45, 7) is 3.85. The Hall–Kier alpha value is -3.07. The molecule has 3 heterocycles. The van der Waals surface area contributed by atoms with Gasteiger partial charge in [-0.25, -0.2) is 4.79 Å². The van der Waals surface area contributed by atoms with E-state index >= 15 is 0 Å². The minimum Gasteiger partial charge on any atom is -0.491 e. The second kappa shape index (κ2) is 7.75. The van der Waals surface area contributed by atoms with E-state index in [1.807, 2.05) is 31.2 Å². The molecule has 1 atom stereocenters. The second-order valence-electron chi connectivity index (χ2n) is 7.48. The molecule has 1 aliphatic rings. The molecule has 1 fully saturated rings. The molecule has 1 saturated heterocycles. The van der Waals surface area contributed by atoms with Crippen LogP contribution in [0.1, 0.15) is 18.4 Å². The van der Waals surface area contributed by atoms with Crippen molar-refractivity contribution in [2.45, 2.75) is 32.4 Å². The molecule has 0 aliphatic carbocycles. The van der Waals surface area contributed by atoms with Gasteiger partial charge in [-0.1, -0.05) is 17.7 Å². The number of anilines is 1. The van der Waals surface area contributed by atoms with Gasteiger partial charge in [-0.15, -0.1) is 0 Å². The molecule has 0 spiro atoms. The largest absolute Gasteiger partial charge is 0.491 e. The van der Waals surface area contributed by atoms with Gasteiger partial charge in [0.05, 0.1) is 6.54 Å². The zero-order valence-electron chi connectivity index (χ0n) is 16.6. The predicted octanol–water partition coefficient (Wildman–Crippen LogP) is 0.772. The molecule has 3 aromatic rings. The smallest absolute Gasteiger partial charge is 0.329 e. The number of nitrogens with zero attached hydrogens (tertiary/aromatic N) is 4. The van der Waals surface area contributed by atoms with Crippen LogP contribution in [0.4, 0.5) is 5.95 Å². The first-order chi connectivity index (χ1) is 13.9. The molecule has 0 bridgehead atoms. The Morgan fingerprint density at radius 3 is 2.59 bits per heavy atom. The number of fused-ring (bicyclic) bond motifs is 1. The van der Waals surface area contributed by atoms with E-state index in [4.69, 9.17) is 4.74 Å². The van der Waals surface area contributed by atoms with Gasteiger partial charge >= 0.3 is 5.69 Å². The summed E-state index contributed by atoms with van der Waals surface area (Å²) < 4.78 is 8.70. The first-order valence-corrected chi connectivity index (χ1v) is 9.76. The van der Waals surface area contributed by atoms with Crippen molar-refractivity contribution in [3.05, 3.63) is 50.7 Å². The second-order valence-corrected chi connectivity index (χ2v) is 7.48. The number of aliphatic hydroxyl groups excluding tert-OH is 1. The monoisotopic (exact) mass is 399 g/mol. The van der Waals surface area contributed by atoms with Crippen molar-refractivity contribution >= 4 is 17.1 Å². The van der Waals surface area contributed by atoms with Crippen molar-refractivity contribution in [2.24, 2.45) is 7.05 Å². The molecule has 0 amide bonds. The summed E-state index contributed by atoms with van der Waals surface area (Å²) in [6.07, 6.45) is 1.22. The highest BCUT2D eigenvalue weighted by Crippen LogP contribution is 2.23. The predicted molar refractivity (Wildman–Crippen MR) is 110 cm³/mol. The van der Waals surface area contributed by atoms with Gasteiger partial charge in [-0.2, -0.15) is 4.98 Å². The van der Waals surface area contributed by atoms with Crippen LogP contribution in [0.2, 0.25) is 0 Å². The Balaban J connectivity index is 1.65. The van der Waals surface area contributed by atoms with Crippen LogP contribution in [0.3, 0.4) is 0 Å². The van der Waals surface area contributed by atoms with Crippen LogP contribution in [-0.4, -0.2) is 50.0 Å². The molecule has 9 nitrogen and oxygen atoms in total. The summed E-state index contributed by atoms with van der Waals surface area (Å²) in [5.74, 6) is 1.27. The van der Waals surface area contributed by atoms with Crippen LogP contribution in [0.25, 0.3) is 11.2 Å². The van der Waals surface area contributed by atoms with Crippen molar-refractivity contribution in [1.29, 1.82) is 0 Å². The third kappa shape index (κ3) is 3.77. The maximum atomic E-state index is 12.5. The molecule has 0 saturated carbocycles. The molecular formula is C20H25N5O4. The molecule has 2 N–H and O–H groups in total. The van der Waals surface area contributed by atoms with Crippen LogP contribution >= 0.6 is 0 Å². The third-order valence-corrected chi connectivity index (χ3v) is 5.23. The number of aromatic amines is 1. The van der Waals surface area contributed by atoms with Crippen LogP contribution in [-0.2, 0) is 13.6 Å². The van der Waals surface area contributed by atoms with Crippen LogP contribution < -0.4 is 20.9 Å². The minimum atomic E-state index is -0.855. The van der Waals surface area contributed by atoms with Crippen molar-refractivity contribution in [3.63, 3.8) is 0 Å². The lowest BCUT2D eigenvalue weighted by molar-refractivity contribution is 0.0936. The van der Waals surface area contributed by atoms with Gasteiger partial charge in [0.15, 0.2) is 11.2 Å². The van der Waals surface area contributed by atoms with Gasteiger partial charge in [0.25, 0.3) is 5.56 Å². The number of imidazole rings is 1. The van der Waals surface area contributed by atoms with E-state index in [2.05, 4.69) is 14.9 Å². The van der Waals surface area contributed by atoms with E-state index in [9.17, 15) is 14.7 Å². The van der Waals surface area contributed by atoms with Crippen LogP contribution in [0.5, 0.6) is 5.75 Å². The summed E-state index contributed by atoms with van der Waals surface area (Å²) in [5.41, 5.74) is 0.703. The molecule has 1 aliphatic heterocycles. The summed E-state index contributed by atoms with van der Waals surface area (Å²) in [5, 5.41) is 10.6. The lowest BCUT2D eigenvalue weighted by atomic mass is 10.2. The van der Waals surface area contributed by atoms with E-state index < -0.39 is 17.4 Å². The normalized spacial score (nSPS) is 15.2. The maximum absolute atomic E-state index is 12.5. The number of H-pyrrole nitrogens is 1. The van der Waals surface area contributed by atoms with E-state index in [0.717, 1.165) is 31.5 Å². The summed E-state index contributed by atoms with van der Waals surface area (Å²) >= 11 is 0. The molecule has 9 heteroatoms. The molecule has 0 radical (unpaired) electrons. The van der Waals surface area contributed by atoms with Crippen molar-refractivity contribution in [3.8, 4) is 5.75 Å². The number of hydrogen-bond acceptors (Lipinski definition) is 6. The Labute approximate surface area is 167 Å². The fourth-order valence-corrected chi connectivity index (χ4v) is 3.64. The zero-order chi connectivity index (χ0) is 20.5. The van der Waals surface area contributed by atoms with Gasteiger partial charge in [0.2, 0.25) is 5.95 Å². The highest BCUT2D eigenvalue weighted by Gasteiger charge is 2.25. The average molecular weight is 399 g/mol. The minimum absolute atomic E-state index is 0.0752. The topological polar surface area (TPSA) is 105 Å². The quantitative estimate of drug-likeness (QED) is 0.634. The molecule has 4 rings (SSSR count). The van der Waals surface area contributed by atoms with Crippen molar-refractivity contribution < 1.29 is 9.84 Å². The average Bonchev–Trinajstić information content (AvgIpc) is 3.34. The van der Waals surface area contributed by atoms with Gasteiger partial charge in [0, 0.05) is 20.1 Å². The van der Waals surface area contributed by atoms with Gasteiger partial charge in [-0.05, 0) is 31.9 Å². The van der Waals surface area contributed by atoms with Crippen molar-refractivity contribution in [1.82, 2.24) is 19.1 Å². The molecule has 29 heavy (non-hydrogen) atoms. The third-order valence-electron chi connectivity index (χ3n) is 5.23. The number of aryl methyl sites for hydroxylation is 2. The number of aromatic nitrogens is 4. The Morgan fingerprint density at radius 1 is 1.21 bits per heavy atom. The standard InChI is InChI=1S/C20H25N5O4/c1-13-5-7-15(8-6-13)29-12-14(26)11-25-16-17(23(2)20(28)22-18(16)27)21-19(25)24-9-3-4-10-24/h5-8,14,26H,3-4,9-12H2,1-2H3,(H,22,27,28)/t14-/m0/s1. The van der Waals surface area contributed by atoms with E-state index in [0.29, 0.717) is 17.3 Å². The zero-order valence-corrected chi connectivity index (χ0v) is 16.6. The van der Waals surface area contributed by atoms with Gasteiger partial charge in [-0.3, -0.25) is 14.3 Å². The van der Waals surface area contributed by atoms with Crippen LogP contribution in [0.15, 0.2) is 33.9 Å². The lowest BCUT2D eigenvalue weighted by Gasteiger charge is -2.20. The van der Waals surface area contributed by atoms with E-state index in [1.165, 1.54) is 4.57 Å². The summed E-state index contributed by atoms with van der Waals surface area (Å²) in [7, 11) is 1.57. The van der Waals surface area contributed by atoms with Gasteiger partial charge in [0.1, 0.15) is 18.5 Å². The molecule has 1 aromatic carbocycles. The summed E-state index contributed by atoms with van der Waals surface area (Å²) in [6, 6.07) is 7.59. The molecule has 154 valence electrons. The van der Waals surface area contributed by atoms with Gasteiger partial charge < -0.3 is 19.3 Å². The number of ether oxygens (including phenoxy) is 1. The first kappa shape index (κ1) is 19.3. The van der Waals surface area contributed by atoms with Crippen LogP contribution in [0, 0.1) is 6.92 Å². The Morgan fingerprint density at radius 2 is 1.90 bits per heavy atom. The number of nitrogens with one attached hydrogen (secondary N) is 1.